The third-order valence-corrected chi connectivity index (χ3v) is 2.82. The topological polar surface area (TPSA) is 47.6 Å². The third-order valence-electron chi connectivity index (χ3n) is 2.82. The molecule has 0 saturated carbocycles. The van der Waals surface area contributed by atoms with Gasteiger partial charge in [0.25, 0.3) is 0 Å². The fourth-order valence-electron chi connectivity index (χ4n) is 1.89. The number of nitrogens with one attached hydrogen (secondary N) is 1. The lowest BCUT2D eigenvalue weighted by Gasteiger charge is -2.23. The molecule has 1 N–H and O–H groups in total. The van der Waals surface area contributed by atoms with Crippen molar-refractivity contribution in [3.05, 3.63) is 29.8 Å². The van der Waals surface area contributed by atoms with E-state index in [1.807, 2.05) is 18.2 Å². The molecule has 1 saturated heterocycles. The second-order valence-electron chi connectivity index (χ2n) is 4.09. The van der Waals surface area contributed by atoms with Crippen LogP contribution in [0.15, 0.2) is 24.3 Å². The molecule has 0 spiro atoms. The molecule has 1 aromatic carbocycles. The second kappa shape index (κ2) is 5.80. The van der Waals surface area contributed by atoms with Crippen LogP contribution in [0, 0.1) is 0 Å². The number of rotatable bonds is 4. The number of ether oxygens (including phenoxy) is 2. The summed E-state index contributed by atoms with van der Waals surface area (Å²) in [5, 5.41) is 3.27. The van der Waals surface area contributed by atoms with E-state index < -0.39 is 0 Å². The fourth-order valence-corrected chi connectivity index (χ4v) is 1.89. The van der Waals surface area contributed by atoms with Crippen molar-refractivity contribution in [2.75, 3.05) is 26.9 Å². The van der Waals surface area contributed by atoms with Crippen LogP contribution in [0.3, 0.4) is 0 Å². The molecular formula is C13H17NO3. The van der Waals surface area contributed by atoms with Crippen molar-refractivity contribution in [3.8, 4) is 5.75 Å². The Balaban J connectivity index is 1.98. The monoisotopic (exact) mass is 235 g/mol. The van der Waals surface area contributed by atoms with Gasteiger partial charge in [-0.15, -0.1) is 0 Å². The molecule has 0 bridgehead atoms. The number of hydrogen-bond donors (Lipinski definition) is 1. The molecule has 2 rings (SSSR count). The highest BCUT2D eigenvalue weighted by molar-refractivity contribution is 5.96. The second-order valence-corrected chi connectivity index (χ2v) is 4.09. The van der Waals surface area contributed by atoms with Crippen molar-refractivity contribution in [3.63, 3.8) is 0 Å². The first-order valence-corrected chi connectivity index (χ1v) is 5.78. The predicted octanol–water partition coefficient (Wildman–Crippen LogP) is 1.26. The van der Waals surface area contributed by atoms with E-state index in [2.05, 4.69) is 5.32 Å². The Morgan fingerprint density at radius 3 is 3.18 bits per heavy atom. The average Bonchev–Trinajstić information content (AvgIpc) is 2.40. The molecule has 1 unspecified atom stereocenters. The summed E-state index contributed by atoms with van der Waals surface area (Å²) < 4.78 is 10.4. The summed E-state index contributed by atoms with van der Waals surface area (Å²) in [5.41, 5.74) is 0.691. The van der Waals surface area contributed by atoms with Crippen LogP contribution in [-0.4, -0.2) is 38.7 Å². The first-order valence-electron chi connectivity index (χ1n) is 5.78. The summed E-state index contributed by atoms with van der Waals surface area (Å²) in [5.74, 6) is 0.829. The molecule has 0 aromatic heterocycles. The summed E-state index contributed by atoms with van der Waals surface area (Å²) in [7, 11) is 1.60. The van der Waals surface area contributed by atoms with E-state index in [0.717, 1.165) is 13.2 Å². The van der Waals surface area contributed by atoms with Gasteiger partial charge in [-0.05, 0) is 12.1 Å². The van der Waals surface area contributed by atoms with E-state index in [-0.39, 0.29) is 11.8 Å². The molecule has 1 aromatic rings. The number of benzene rings is 1. The lowest BCUT2D eigenvalue weighted by molar-refractivity contribution is 0.0676. The van der Waals surface area contributed by atoms with Crippen LogP contribution >= 0.6 is 0 Å². The first-order chi connectivity index (χ1) is 8.29. The Morgan fingerprint density at radius 1 is 1.59 bits per heavy atom. The van der Waals surface area contributed by atoms with Crippen molar-refractivity contribution >= 4 is 5.78 Å². The molecule has 4 nitrogen and oxygen atoms in total. The SMILES string of the molecule is COc1cccc(C(=O)CC2COCCN2)c1. The maximum atomic E-state index is 12.0. The van der Waals surface area contributed by atoms with Crippen LogP contribution < -0.4 is 10.1 Å². The minimum absolute atomic E-state index is 0.118. The number of morpholine rings is 1. The van der Waals surface area contributed by atoms with Crippen LogP contribution in [-0.2, 0) is 4.74 Å². The molecule has 0 aliphatic carbocycles. The van der Waals surface area contributed by atoms with E-state index in [0.29, 0.717) is 24.3 Å². The zero-order valence-electron chi connectivity index (χ0n) is 9.94. The average molecular weight is 235 g/mol. The van der Waals surface area contributed by atoms with Crippen LogP contribution in [0.4, 0.5) is 0 Å². The summed E-state index contributed by atoms with van der Waals surface area (Å²) in [6, 6.07) is 7.37. The van der Waals surface area contributed by atoms with Crippen molar-refractivity contribution < 1.29 is 14.3 Å². The van der Waals surface area contributed by atoms with Gasteiger partial charge in [0.05, 0.1) is 20.3 Å². The number of hydrogen-bond acceptors (Lipinski definition) is 4. The maximum Gasteiger partial charge on any atom is 0.164 e. The fraction of sp³-hybridized carbons (Fsp3) is 0.462. The van der Waals surface area contributed by atoms with Gasteiger partial charge in [0.2, 0.25) is 0 Å². The highest BCUT2D eigenvalue weighted by Crippen LogP contribution is 2.15. The van der Waals surface area contributed by atoms with Gasteiger partial charge < -0.3 is 14.8 Å². The zero-order valence-corrected chi connectivity index (χ0v) is 9.94. The van der Waals surface area contributed by atoms with E-state index in [1.54, 1.807) is 13.2 Å². The Morgan fingerprint density at radius 2 is 2.47 bits per heavy atom. The Labute approximate surface area is 101 Å². The number of carbonyl (C=O) groups is 1. The predicted molar refractivity (Wildman–Crippen MR) is 64.6 cm³/mol. The molecule has 1 heterocycles. The van der Waals surface area contributed by atoms with Crippen molar-refractivity contribution in [1.29, 1.82) is 0 Å². The molecule has 0 amide bonds. The molecule has 0 radical (unpaired) electrons. The van der Waals surface area contributed by atoms with Gasteiger partial charge in [0.1, 0.15) is 5.75 Å². The molecule has 1 aliphatic rings. The highest BCUT2D eigenvalue weighted by atomic mass is 16.5. The van der Waals surface area contributed by atoms with E-state index in [4.69, 9.17) is 9.47 Å². The largest absolute Gasteiger partial charge is 0.497 e. The van der Waals surface area contributed by atoms with Crippen LogP contribution in [0.2, 0.25) is 0 Å². The smallest absolute Gasteiger partial charge is 0.164 e. The van der Waals surface area contributed by atoms with Crippen LogP contribution in [0.25, 0.3) is 0 Å². The Kier molecular flexibility index (Phi) is 4.12. The number of ketones is 1. The van der Waals surface area contributed by atoms with Crippen molar-refractivity contribution in [2.45, 2.75) is 12.5 Å². The first kappa shape index (κ1) is 12.1. The minimum atomic E-state index is 0.118. The zero-order chi connectivity index (χ0) is 12.1. The van der Waals surface area contributed by atoms with Gasteiger partial charge in [-0.25, -0.2) is 0 Å². The standard InChI is InChI=1S/C13H17NO3/c1-16-12-4-2-3-10(7-12)13(15)8-11-9-17-6-5-14-11/h2-4,7,11,14H,5-6,8-9H2,1H3. The van der Waals surface area contributed by atoms with Gasteiger partial charge >= 0.3 is 0 Å². The van der Waals surface area contributed by atoms with Gasteiger partial charge in [-0.1, -0.05) is 12.1 Å². The lowest BCUT2D eigenvalue weighted by atomic mass is 10.0. The summed E-state index contributed by atoms with van der Waals surface area (Å²) >= 11 is 0. The molecule has 17 heavy (non-hydrogen) atoms. The van der Waals surface area contributed by atoms with Crippen molar-refractivity contribution in [1.82, 2.24) is 5.32 Å². The summed E-state index contributed by atoms with van der Waals surface area (Å²) in [4.78, 5) is 12.0. The number of carbonyl (C=O) groups excluding carboxylic acids is 1. The van der Waals surface area contributed by atoms with E-state index >= 15 is 0 Å². The van der Waals surface area contributed by atoms with Crippen LogP contribution in [0.1, 0.15) is 16.8 Å². The molecule has 92 valence electrons. The molecule has 1 aliphatic heterocycles. The van der Waals surface area contributed by atoms with Crippen molar-refractivity contribution in [2.24, 2.45) is 0 Å². The maximum absolute atomic E-state index is 12.0. The van der Waals surface area contributed by atoms with Crippen LogP contribution in [0.5, 0.6) is 5.75 Å². The minimum Gasteiger partial charge on any atom is -0.497 e. The normalized spacial score (nSPS) is 19.9. The van der Waals surface area contributed by atoms with Gasteiger partial charge in [-0.2, -0.15) is 0 Å². The Hall–Kier alpha value is -1.39. The van der Waals surface area contributed by atoms with E-state index in [1.165, 1.54) is 0 Å². The van der Waals surface area contributed by atoms with Gasteiger partial charge in [0, 0.05) is 24.6 Å². The van der Waals surface area contributed by atoms with E-state index in [9.17, 15) is 4.79 Å². The number of Topliss-reactive ketones (excluding diaryl/α,β-unsaturated/α-hetero) is 1. The summed E-state index contributed by atoms with van der Waals surface area (Å²) in [6.07, 6.45) is 0.465. The number of methoxy groups -OCH3 is 1. The molecule has 1 fully saturated rings. The lowest BCUT2D eigenvalue weighted by Crippen LogP contribution is -2.42. The molecule has 1 atom stereocenters. The molecular weight excluding hydrogens is 218 g/mol. The Bertz CT molecular complexity index is 386. The highest BCUT2D eigenvalue weighted by Gasteiger charge is 2.17. The van der Waals surface area contributed by atoms with Gasteiger partial charge in [0.15, 0.2) is 5.78 Å². The molecule has 4 heteroatoms. The quantitative estimate of drug-likeness (QED) is 0.798. The third kappa shape index (κ3) is 3.28. The van der Waals surface area contributed by atoms with Gasteiger partial charge in [-0.3, -0.25) is 4.79 Å². The summed E-state index contributed by atoms with van der Waals surface area (Å²) in [6.45, 7) is 2.15.